The Kier molecular flexibility index (Phi) is 4.41. The van der Waals surface area contributed by atoms with E-state index in [1.807, 2.05) is 6.92 Å². The van der Waals surface area contributed by atoms with Gasteiger partial charge in [-0.2, -0.15) is 0 Å². The SMILES string of the molecule is Cc1c(-c2c(CC(=O)O)n(C)c(=O)c3ccccc23)cc(F)c2c1CCCO2. The molecule has 3 aromatic rings. The summed E-state index contributed by atoms with van der Waals surface area (Å²) in [5.41, 5.74) is 2.94. The number of aliphatic carboxylic acids is 1. The van der Waals surface area contributed by atoms with E-state index in [2.05, 4.69) is 0 Å². The van der Waals surface area contributed by atoms with Crippen molar-refractivity contribution < 1.29 is 19.0 Å². The molecule has 6 heteroatoms. The second-order valence-corrected chi connectivity index (χ2v) is 7.09. The molecule has 5 nitrogen and oxygen atoms in total. The summed E-state index contributed by atoms with van der Waals surface area (Å²) in [6, 6.07) is 8.45. The zero-order valence-corrected chi connectivity index (χ0v) is 15.7. The number of pyridine rings is 1. The maximum absolute atomic E-state index is 14.9. The van der Waals surface area contributed by atoms with Gasteiger partial charge >= 0.3 is 5.97 Å². The third-order valence-corrected chi connectivity index (χ3v) is 5.45. The third-order valence-electron chi connectivity index (χ3n) is 5.45. The summed E-state index contributed by atoms with van der Waals surface area (Å²) in [7, 11) is 1.56. The van der Waals surface area contributed by atoms with E-state index < -0.39 is 11.8 Å². The highest BCUT2D eigenvalue weighted by Gasteiger charge is 2.25. The van der Waals surface area contributed by atoms with Gasteiger partial charge in [0.1, 0.15) is 0 Å². The first-order chi connectivity index (χ1) is 13.4. The Labute approximate surface area is 161 Å². The van der Waals surface area contributed by atoms with Gasteiger partial charge in [-0.25, -0.2) is 4.39 Å². The molecule has 1 N–H and O–H groups in total. The molecular weight excluding hydrogens is 361 g/mol. The highest BCUT2D eigenvalue weighted by atomic mass is 19.1. The lowest BCUT2D eigenvalue weighted by atomic mass is 9.88. The number of nitrogens with zero attached hydrogens (tertiary/aromatic N) is 1. The molecular formula is C22H20FNO4. The van der Waals surface area contributed by atoms with E-state index in [4.69, 9.17) is 4.74 Å². The fourth-order valence-electron chi connectivity index (χ4n) is 4.08. The maximum atomic E-state index is 14.9. The van der Waals surface area contributed by atoms with Gasteiger partial charge < -0.3 is 14.4 Å². The van der Waals surface area contributed by atoms with Crippen LogP contribution in [0.3, 0.4) is 0 Å². The van der Waals surface area contributed by atoms with Crippen molar-refractivity contribution in [3.63, 3.8) is 0 Å². The normalized spacial score (nSPS) is 13.2. The van der Waals surface area contributed by atoms with Gasteiger partial charge in [-0.15, -0.1) is 0 Å². The van der Waals surface area contributed by atoms with Gasteiger partial charge in [0.05, 0.1) is 13.0 Å². The molecule has 2 heterocycles. The van der Waals surface area contributed by atoms with Crippen LogP contribution in [0.5, 0.6) is 5.75 Å². The summed E-state index contributed by atoms with van der Waals surface area (Å²) in [4.78, 5) is 24.3. The lowest BCUT2D eigenvalue weighted by Crippen LogP contribution is -2.24. The molecule has 0 saturated carbocycles. The van der Waals surface area contributed by atoms with E-state index in [-0.39, 0.29) is 17.7 Å². The largest absolute Gasteiger partial charge is 0.490 e. The van der Waals surface area contributed by atoms with Crippen LogP contribution in [0.2, 0.25) is 0 Å². The van der Waals surface area contributed by atoms with Gasteiger partial charge in [-0.05, 0) is 48.4 Å². The number of aromatic nitrogens is 1. The predicted octanol–water partition coefficient (Wildman–Crippen LogP) is 3.61. The predicted molar refractivity (Wildman–Crippen MR) is 104 cm³/mol. The van der Waals surface area contributed by atoms with E-state index in [0.717, 1.165) is 17.5 Å². The first-order valence-electron chi connectivity index (χ1n) is 9.17. The van der Waals surface area contributed by atoms with Crippen LogP contribution >= 0.6 is 0 Å². The molecule has 0 unspecified atom stereocenters. The molecule has 2 aromatic carbocycles. The average Bonchev–Trinajstić information content (AvgIpc) is 2.69. The monoisotopic (exact) mass is 381 g/mol. The van der Waals surface area contributed by atoms with Gasteiger partial charge in [0, 0.05) is 29.3 Å². The second kappa shape index (κ2) is 6.78. The van der Waals surface area contributed by atoms with Crippen molar-refractivity contribution in [3.8, 4) is 16.9 Å². The molecule has 0 amide bonds. The van der Waals surface area contributed by atoms with Crippen LogP contribution in [0.15, 0.2) is 35.1 Å². The van der Waals surface area contributed by atoms with Gasteiger partial charge in [0.15, 0.2) is 11.6 Å². The molecule has 4 rings (SSSR count). The molecule has 0 saturated heterocycles. The van der Waals surface area contributed by atoms with Crippen LogP contribution < -0.4 is 10.3 Å². The number of ether oxygens (including phenoxy) is 1. The lowest BCUT2D eigenvalue weighted by molar-refractivity contribution is -0.136. The topological polar surface area (TPSA) is 68.5 Å². The van der Waals surface area contributed by atoms with E-state index in [0.29, 0.717) is 40.6 Å². The number of fused-ring (bicyclic) bond motifs is 2. The first-order valence-corrected chi connectivity index (χ1v) is 9.17. The Morgan fingerprint density at radius 3 is 2.71 bits per heavy atom. The summed E-state index contributed by atoms with van der Waals surface area (Å²) < 4.78 is 21.7. The van der Waals surface area contributed by atoms with Crippen LogP contribution in [0.25, 0.3) is 21.9 Å². The fourth-order valence-corrected chi connectivity index (χ4v) is 4.08. The van der Waals surface area contributed by atoms with Gasteiger partial charge in [0.2, 0.25) is 0 Å². The molecule has 0 spiro atoms. The lowest BCUT2D eigenvalue weighted by Gasteiger charge is -2.24. The minimum atomic E-state index is -1.05. The zero-order valence-electron chi connectivity index (χ0n) is 15.7. The molecule has 0 fully saturated rings. The van der Waals surface area contributed by atoms with Crippen molar-refractivity contribution in [2.45, 2.75) is 26.2 Å². The average molecular weight is 381 g/mol. The molecule has 0 atom stereocenters. The quantitative estimate of drug-likeness (QED) is 0.753. The number of benzene rings is 2. The highest BCUT2D eigenvalue weighted by molar-refractivity contribution is 5.99. The highest BCUT2D eigenvalue weighted by Crippen LogP contribution is 2.40. The van der Waals surface area contributed by atoms with Crippen molar-refractivity contribution in [1.29, 1.82) is 0 Å². The van der Waals surface area contributed by atoms with Crippen LogP contribution in [-0.4, -0.2) is 22.2 Å². The van der Waals surface area contributed by atoms with Crippen molar-refractivity contribution >= 4 is 16.7 Å². The minimum absolute atomic E-state index is 0.269. The molecule has 28 heavy (non-hydrogen) atoms. The smallest absolute Gasteiger partial charge is 0.309 e. The summed E-state index contributed by atoms with van der Waals surface area (Å²) >= 11 is 0. The van der Waals surface area contributed by atoms with Gasteiger partial charge in [-0.3, -0.25) is 9.59 Å². The Bertz CT molecular complexity index is 1180. The van der Waals surface area contributed by atoms with Crippen LogP contribution in [0.1, 0.15) is 23.2 Å². The molecule has 0 bridgehead atoms. The summed E-state index contributed by atoms with van der Waals surface area (Å²) in [6.45, 7) is 2.38. The number of carboxylic acid groups (broad SMARTS) is 1. The summed E-state index contributed by atoms with van der Waals surface area (Å²) in [6.07, 6.45) is 1.16. The summed E-state index contributed by atoms with van der Waals surface area (Å²) in [5.74, 6) is -1.23. The molecule has 1 aromatic heterocycles. The molecule has 144 valence electrons. The molecule has 0 aliphatic carbocycles. The third kappa shape index (κ3) is 2.76. The number of carbonyl (C=O) groups is 1. The second-order valence-electron chi connectivity index (χ2n) is 7.09. The number of rotatable bonds is 3. The van der Waals surface area contributed by atoms with Crippen molar-refractivity contribution in [3.05, 3.63) is 63.3 Å². The Morgan fingerprint density at radius 2 is 2.00 bits per heavy atom. The number of carboxylic acids is 1. The maximum Gasteiger partial charge on any atom is 0.309 e. The zero-order chi connectivity index (χ0) is 20.0. The van der Waals surface area contributed by atoms with Gasteiger partial charge in [0.25, 0.3) is 5.56 Å². The van der Waals surface area contributed by atoms with Crippen LogP contribution in [0.4, 0.5) is 4.39 Å². The van der Waals surface area contributed by atoms with Crippen molar-refractivity contribution in [2.24, 2.45) is 7.05 Å². The van der Waals surface area contributed by atoms with E-state index in [1.165, 1.54) is 10.6 Å². The van der Waals surface area contributed by atoms with E-state index >= 15 is 0 Å². The summed E-state index contributed by atoms with van der Waals surface area (Å²) in [5, 5.41) is 10.5. The Hall–Kier alpha value is -3.15. The molecule has 1 aliphatic rings. The van der Waals surface area contributed by atoms with Crippen LogP contribution in [-0.2, 0) is 24.7 Å². The molecule has 0 radical (unpaired) electrons. The number of hydrogen-bond acceptors (Lipinski definition) is 3. The van der Waals surface area contributed by atoms with E-state index in [1.54, 1.807) is 31.3 Å². The number of hydrogen-bond donors (Lipinski definition) is 1. The van der Waals surface area contributed by atoms with Crippen molar-refractivity contribution in [2.75, 3.05) is 6.61 Å². The standard InChI is InChI=1S/C22H20FNO4/c1-12-13-8-5-9-28-21(13)17(23)10-16(12)20-14-6-3-4-7-15(14)22(27)24(2)18(20)11-19(25)26/h3-4,6-7,10H,5,8-9,11H2,1-2H3,(H,25,26). The van der Waals surface area contributed by atoms with E-state index in [9.17, 15) is 19.1 Å². The fraction of sp³-hybridized carbons (Fsp3) is 0.273. The number of halogens is 1. The van der Waals surface area contributed by atoms with Gasteiger partial charge in [-0.1, -0.05) is 18.2 Å². The Balaban J connectivity index is 2.15. The van der Waals surface area contributed by atoms with Crippen LogP contribution in [0, 0.1) is 12.7 Å². The first kappa shape index (κ1) is 18.2. The minimum Gasteiger partial charge on any atom is -0.490 e. The Morgan fingerprint density at radius 1 is 1.29 bits per heavy atom. The van der Waals surface area contributed by atoms with Crippen molar-refractivity contribution in [1.82, 2.24) is 4.57 Å². The molecule has 1 aliphatic heterocycles.